The molecule has 2 saturated heterocycles. The lowest BCUT2D eigenvalue weighted by Gasteiger charge is -2.29. The molecule has 2 aliphatic heterocycles. The van der Waals surface area contributed by atoms with Gasteiger partial charge in [-0.15, -0.1) is 0 Å². The number of carbonyl (C=O) groups is 3. The zero-order chi connectivity index (χ0) is 22.7. The second kappa shape index (κ2) is 9.15. The van der Waals surface area contributed by atoms with Crippen molar-refractivity contribution in [2.24, 2.45) is 0 Å². The Kier molecular flexibility index (Phi) is 6.13. The Morgan fingerprint density at radius 1 is 1.16 bits per heavy atom. The van der Waals surface area contributed by atoms with Crippen LogP contribution in [0.1, 0.15) is 21.9 Å². The topological polar surface area (TPSA) is 111 Å². The van der Waals surface area contributed by atoms with E-state index in [1.54, 1.807) is 13.2 Å². The summed E-state index contributed by atoms with van der Waals surface area (Å²) in [5, 5.41) is 2.58. The van der Waals surface area contributed by atoms with Gasteiger partial charge < -0.3 is 28.8 Å². The van der Waals surface area contributed by atoms with Crippen LogP contribution < -0.4 is 15.0 Å². The monoisotopic (exact) mass is 441 g/mol. The molecule has 4 rings (SSSR count). The highest BCUT2D eigenvalue weighted by atomic mass is 16.5. The lowest BCUT2D eigenvalue weighted by atomic mass is 10.1. The maximum absolute atomic E-state index is 12.8. The maximum Gasteiger partial charge on any atom is 0.373 e. The number of urea groups is 1. The fourth-order valence-corrected chi connectivity index (χ4v) is 3.54. The van der Waals surface area contributed by atoms with Gasteiger partial charge in [-0.05, 0) is 30.3 Å². The number of morpholine rings is 1. The second-order valence-corrected chi connectivity index (χ2v) is 7.16. The number of benzene rings is 1. The van der Waals surface area contributed by atoms with E-state index in [1.807, 2.05) is 18.2 Å². The molecule has 2 aromatic rings. The molecular formula is C22H23N3O7. The Hall–Kier alpha value is -3.79. The van der Waals surface area contributed by atoms with E-state index < -0.39 is 17.9 Å². The van der Waals surface area contributed by atoms with Crippen molar-refractivity contribution in [3.8, 4) is 5.75 Å². The molecule has 1 N–H and O–H groups in total. The first-order valence-electron chi connectivity index (χ1n) is 10.0. The van der Waals surface area contributed by atoms with Crippen molar-refractivity contribution in [2.75, 3.05) is 45.4 Å². The summed E-state index contributed by atoms with van der Waals surface area (Å²) in [6.45, 7) is 2.80. The SMILES string of the molecule is COC(=O)c1ccc(CN2C(=O)NC(=Cc3ccc(N4CCOCC4)cc3OC)C2=O)o1. The number of nitrogens with one attached hydrogen (secondary N) is 1. The summed E-state index contributed by atoms with van der Waals surface area (Å²) < 4.78 is 20.8. The number of ether oxygens (including phenoxy) is 3. The molecule has 0 unspecified atom stereocenters. The molecule has 0 aliphatic carbocycles. The Bertz CT molecular complexity index is 1070. The van der Waals surface area contributed by atoms with Crippen molar-refractivity contribution in [1.29, 1.82) is 0 Å². The minimum absolute atomic E-state index is 0.00425. The standard InChI is InChI=1S/C22H23N3O7/c1-29-19-12-15(24-7-9-31-10-8-24)4-3-14(19)11-17-20(26)25(22(28)23-17)13-16-5-6-18(32-16)21(27)30-2/h3-6,11-12H,7-10,13H2,1-2H3,(H,23,28). The largest absolute Gasteiger partial charge is 0.496 e. The number of nitrogens with zero attached hydrogens (tertiary/aromatic N) is 2. The van der Waals surface area contributed by atoms with Gasteiger partial charge in [0, 0.05) is 30.4 Å². The average Bonchev–Trinajstić information content (AvgIpc) is 3.40. The highest BCUT2D eigenvalue weighted by molar-refractivity contribution is 6.14. The van der Waals surface area contributed by atoms with Gasteiger partial charge in [0.15, 0.2) is 0 Å². The summed E-state index contributed by atoms with van der Waals surface area (Å²) in [4.78, 5) is 39.9. The van der Waals surface area contributed by atoms with E-state index in [-0.39, 0.29) is 23.8 Å². The number of amides is 3. The molecule has 32 heavy (non-hydrogen) atoms. The van der Waals surface area contributed by atoms with E-state index in [2.05, 4.69) is 15.0 Å². The fraction of sp³-hybridized carbons (Fsp3) is 0.318. The van der Waals surface area contributed by atoms with E-state index >= 15 is 0 Å². The van der Waals surface area contributed by atoms with Crippen molar-refractivity contribution >= 4 is 29.7 Å². The highest BCUT2D eigenvalue weighted by Crippen LogP contribution is 2.29. The smallest absolute Gasteiger partial charge is 0.373 e. The molecule has 2 fully saturated rings. The van der Waals surface area contributed by atoms with E-state index in [0.717, 1.165) is 23.7 Å². The van der Waals surface area contributed by atoms with E-state index in [1.165, 1.54) is 19.2 Å². The van der Waals surface area contributed by atoms with Crippen molar-refractivity contribution in [3.05, 3.63) is 53.1 Å². The number of hydrogen-bond donors (Lipinski definition) is 1. The number of furan rings is 1. The summed E-state index contributed by atoms with van der Waals surface area (Å²) in [6, 6.07) is 8.04. The lowest BCUT2D eigenvalue weighted by molar-refractivity contribution is -0.123. The first kappa shape index (κ1) is 21.4. The zero-order valence-electron chi connectivity index (χ0n) is 17.8. The molecule has 1 aromatic carbocycles. The molecule has 3 amide bonds. The fourth-order valence-electron chi connectivity index (χ4n) is 3.54. The average molecular weight is 441 g/mol. The predicted molar refractivity (Wildman–Crippen MR) is 113 cm³/mol. The van der Waals surface area contributed by atoms with Gasteiger partial charge in [-0.2, -0.15) is 0 Å². The molecule has 10 heteroatoms. The van der Waals surface area contributed by atoms with Crippen LogP contribution in [0.5, 0.6) is 5.75 Å². The second-order valence-electron chi connectivity index (χ2n) is 7.16. The minimum Gasteiger partial charge on any atom is -0.496 e. The van der Waals surface area contributed by atoms with Crippen LogP contribution in [0, 0.1) is 0 Å². The number of hydrogen-bond acceptors (Lipinski definition) is 8. The van der Waals surface area contributed by atoms with E-state index in [9.17, 15) is 14.4 Å². The van der Waals surface area contributed by atoms with Gasteiger partial charge >= 0.3 is 12.0 Å². The molecule has 2 aliphatic rings. The third-order valence-corrected chi connectivity index (χ3v) is 5.22. The van der Waals surface area contributed by atoms with Crippen LogP contribution in [0.3, 0.4) is 0 Å². The predicted octanol–water partition coefficient (Wildman–Crippen LogP) is 2.00. The summed E-state index contributed by atoms with van der Waals surface area (Å²) in [5.41, 5.74) is 1.77. The molecule has 0 atom stereocenters. The number of esters is 1. The first-order chi connectivity index (χ1) is 15.5. The molecule has 3 heterocycles. The summed E-state index contributed by atoms with van der Waals surface area (Å²) in [5.74, 6) is -0.291. The molecular weight excluding hydrogens is 418 g/mol. The van der Waals surface area contributed by atoms with Crippen LogP contribution in [-0.2, 0) is 20.8 Å². The third kappa shape index (κ3) is 4.30. The minimum atomic E-state index is -0.637. The number of anilines is 1. The van der Waals surface area contributed by atoms with Gasteiger partial charge in [0.25, 0.3) is 5.91 Å². The summed E-state index contributed by atoms with van der Waals surface area (Å²) in [7, 11) is 2.79. The van der Waals surface area contributed by atoms with Crippen LogP contribution in [0.2, 0.25) is 0 Å². The Labute approximate surface area is 184 Å². The summed E-state index contributed by atoms with van der Waals surface area (Å²) in [6.07, 6.45) is 1.57. The van der Waals surface area contributed by atoms with Gasteiger partial charge in [0.2, 0.25) is 5.76 Å². The van der Waals surface area contributed by atoms with Crippen molar-refractivity contribution in [3.63, 3.8) is 0 Å². The van der Waals surface area contributed by atoms with Gasteiger partial charge in [-0.25, -0.2) is 9.59 Å². The van der Waals surface area contributed by atoms with Gasteiger partial charge in [-0.1, -0.05) is 0 Å². The number of rotatable bonds is 6. The van der Waals surface area contributed by atoms with Crippen LogP contribution in [0.4, 0.5) is 10.5 Å². The molecule has 1 aromatic heterocycles. The highest BCUT2D eigenvalue weighted by Gasteiger charge is 2.34. The number of methoxy groups -OCH3 is 2. The molecule has 168 valence electrons. The molecule has 0 bridgehead atoms. The van der Waals surface area contributed by atoms with Crippen LogP contribution in [0.25, 0.3) is 6.08 Å². The van der Waals surface area contributed by atoms with Crippen molar-refractivity contribution in [2.45, 2.75) is 6.54 Å². The molecule has 10 nitrogen and oxygen atoms in total. The number of imide groups is 1. The maximum atomic E-state index is 12.8. The molecule has 0 spiro atoms. The zero-order valence-corrected chi connectivity index (χ0v) is 17.8. The van der Waals surface area contributed by atoms with E-state index in [4.69, 9.17) is 13.9 Å². The Morgan fingerprint density at radius 2 is 1.94 bits per heavy atom. The Morgan fingerprint density at radius 3 is 2.66 bits per heavy atom. The van der Waals surface area contributed by atoms with Crippen molar-refractivity contribution in [1.82, 2.24) is 10.2 Å². The first-order valence-corrected chi connectivity index (χ1v) is 10.0. The summed E-state index contributed by atoms with van der Waals surface area (Å²) >= 11 is 0. The lowest BCUT2D eigenvalue weighted by Crippen LogP contribution is -2.36. The van der Waals surface area contributed by atoms with E-state index in [0.29, 0.717) is 24.5 Å². The van der Waals surface area contributed by atoms with Crippen LogP contribution >= 0.6 is 0 Å². The third-order valence-electron chi connectivity index (χ3n) is 5.22. The number of carbonyl (C=O) groups excluding carboxylic acids is 3. The van der Waals surface area contributed by atoms with Crippen molar-refractivity contribution < 1.29 is 33.0 Å². The molecule has 0 saturated carbocycles. The quantitative estimate of drug-likeness (QED) is 0.412. The van der Waals surface area contributed by atoms with Crippen LogP contribution in [-0.4, -0.2) is 63.3 Å². The van der Waals surface area contributed by atoms with Gasteiger partial charge in [0.05, 0.1) is 34.0 Å². The normalized spacial score (nSPS) is 17.6. The molecule has 0 radical (unpaired) electrons. The van der Waals surface area contributed by atoms with Gasteiger partial charge in [-0.3, -0.25) is 9.69 Å². The van der Waals surface area contributed by atoms with Gasteiger partial charge in [0.1, 0.15) is 17.2 Å². The van der Waals surface area contributed by atoms with Crippen LogP contribution in [0.15, 0.2) is 40.4 Å². The Balaban J connectivity index is 1.52.